The van der Waals surface area contributed by atoms with Crippen molar-refractivity contribution in [3.8, 4) is 0 Å². The minimum Gasteiger partial charge on any atom is -0.452 e. The van der Waals surface area contributed by atoms with Gasteiger partial charge in [-0.2, -0.15) is 5.10 Å². The van der Waals surface area contributed by atoms with E-state index in [9.17, 15) is 0 Å². The van der Waals surface area contributed by atoms with Crippen LogP contribution in [0.15, 0.2) is 115 Å². The van der Waals surface area contributed by atoms with Gasteiger partial charge in [0, 0.05) is 11.4 Å². The second-order valence-corrected chi connectivity index (χ2v) is 11.4. The second-order valence-electron chi connectivity index (χ2n) is 10.6. The van der Waals surface area contributed by atoms with E-state index in [2.05, 4.69) is 88.5 Å². The Morgan fingerprint density at radius 2 is 1.71 bits per heavy atom. The zero-order valence-electron chi connectivity index (χ0n) is 23.0. The maximum absolute atomic E-state index is 6.27. The van der Waals surface area contributed by atoms with E-state index in [1.54, 1.807) is 0 Å². The van der Waals surface area contributed by atoms with E-state index < -0.39 is 0 Å². The van der Waals surface area contributed by atoms with Gasteiger partial charge in [0.2, 0.25) is 0 Å². The summed E-state index contributed by atoms with van der Waals surface area (Å²) in [5, 5.41) is 10.7. The van der Waals surface area contributed by atoms with E-state index in [0.717, 1.165) is 46.5 Å². The summed E-state index contributed by atoms with van der Waals surface area (Å²) in [6, 6.07) is 30.9. The van der Waals surface area contributed by atoms with Crippen LogP contribution >= 0.6 is 15.9 Å². The molecule has 0 saturated carbocycles. The fourth-order valence-electron chi connectivity index (χ4n) is 5.98. The smallest absolute Gasteiger partial charge is 0.174 e. The average molecular weight is 608 g/mol. The van der Waals surface area contributed by atoms with Crippen molar-refractivity contribution < 1.29 is 4.42 Å². The Morgan fingerprint density at radius 3 is 2.46 bits per heavy atom. The second kappa shape index (κ2) is 10.7. The van der Waals surface area contributed by atoms with Crippen LogP contribution in [0, 0.1) is 5.92 Å². The third-order valence-corrected chi connectivity index (χ3v) is 8.37. The fourth-order valence-corrected chi connectivity index (χ4v) is 6.30. The monoisotopic (exact) mass is 606 g/mol. The summed E-state index contributed by atoms with van der Waals surface area (Å²) >= 11 is 3.54. The number of rotatable bonds is 6. The molecule has 3 atom stereocenters. The van der Waals surface area contributed by atoms with Crippen LogP contribution in [-0.4, -0.2) is 23.5 Å². The van der Waals surface area contributed by atoms with Gasteiger partial charge in [0.25, 0.3) is 0 Å². The summed E-state index contributed by atoms with van der Waals surface area (Å²) in [4.78, 5) is 12.8. The molecule has 3 aliphatic rings. The molecule has 4 aromatic rings. The molecule has 0 spiro atoms. The van der Waals surface area contributed by atoms with Crippen molar-refractivity contribution in [2.24, 2.45) is 21.0 Å². The molecular formula is C33H31BrN6O. The van der Waals surface area contributed by atoms with E-state index >= 15 is 0 Å². The van der Waals surface area contributed by atoms with Crippen molar-refractivity contribution in [1.29, 1.82) is 0 Å². The van der Waals surface area contributed by atoms with E-state index in [1.165, 1.54) is 18.4 Å². The molecule has 3 aliphatic heterocycles. The van der Waals surface area contributed by atoms with Gasteiger partial charge in [-0.15, -0.1) is 0 Å². The lowest BCUT2D eigenvalue weighted by Gasteiger charge is -2.45. The van der Waals surface area contributed by atoms with E-state index in [-0.39, 0.29) is 18.1 Å². The molecule has 0 amide bonds. The van der Waals surface area contributed by atoms with Gasteiger partial charge in [-0.3, -0.25) is 0 Å². The lowest BCUT2D eigenvalue weighted by molar-refractivity contribution is 0.371. The number of hydrogen-bond donors (Lipinski definition) is 1. The lowest BCUT2D eigenvalue weighted by atomic mass is 9.86. The molecule has 0 aliphatic carbocycles. The summed E-state index contributed by atoms with van der Waals surface area (Å²) in [5.41, 5.74) is 6.21. The number of aliphatic imine (C=N–C) groups is 2. The lowest BCUT2D eigenvalue weighted by Crippen LogP contribution is -2.54. The van der Waals surface area contributed by atoms with Gasteiger partial charge in [0.05, 0.1) is 23.0 Å². The third kappa shape index (κ3) is 4.66. The summed E-state index contributed by atoms with van der Waals surface area (Å²) in [5.74, 6) is 2.28. The Hall–Kier alpha value is -4.17. The molecule has 0 radical (unpaired) electrons. The molecule has 7 rings (SSSR count). The van der Waals surface area contributed by atoms with Crippen molar-refractivity contribution >= 4 is 56.1 Å². The van der Waals surface area contributed by atoms with Crippen LogP contribution in [0.25, 0.3) is 0 Å². The minimum absolute atomic E-state index is 0.0396. The number of fused-ring (bicyclic) bond motifs is 4. The van der Waals surface area contributed by atoms with Crippen LogP contribution in [-0.2, 0) is 6.42 Å². The van der Waals surface area contributed by atoms with Crippen LogP contribution in [0.4, 0.5) is 22.7 Å². The summed E-state index contributed by atoms with van der Waals surface area (Å²) in [6.07, 6.45) is 3.20. The van der Waals surface area contributed by atoms with Crippen molar-refractivity contribution in [3.63, 3.8) is 0 Å². The molecule has 206 valence electrons. The Bertz CT molecular complexity index is 1660. The third-order valence-electron chi connectivity index (χ3n) is 7.95. The number of halogens is 1. The molecule has 0 fully saturated rings. The number of benzene rings is 3. The fraction of sp³-hybridized carbons (Fsp3) is 0.242. The van der Waals surface area contributed by atoms with Crippen LogP contribution in [0.2, 0.25) is 0 Å². The highest BCUT2D eigenvalue weighted by atomic mass is 79.9. The zero-order valence-corrected chi connectivity index (χ0v) is 24.6. The zero-order chi connectivity index (χ0) is 27.9. The number of hydrogen-bond acceptors (Lipinski definition) is 7. The first-order valence-corrected chi connectivity index (χ1v) is 15.0. The molecule has 0 unspecified atom stereocenters. The van der Waals surface area contributed by atoms with E-state index in [0.29, 0.717) is 10.5 Å². The SMILES string of the molecule is CCCCc1ccc(NC2=Nc3ccccc3N3C2=N[C@@H]2[C@@H](C(C)=NN2c2ccccc2)[C@@H]3c2ccc(Br)o2)cc1. The van der Waals surface area contributed by atoms with Gasteiger partial charge in [-0.1, -0.05) is 55.8 Å². The Kier molecular flexibility index (Phi) is 6.71. The van der Waals surface area contributed by atoms with Crippen molar-refractivity contribution in [3.05, 3.63) is 107 Å². The Labute approximate surface area is 248 Å². The standard InChI is InChI=1S/C33H31BrN6O/c1-3-4-10-22-15-17-23(18-16-22)35-31-33-37-32-29(21(2)38-40(32)24-11-6-5-7-12-24)30(27-19-20-28(34)41-27)39(33)26-14-9-8-13-25(26)36-31/h5-9,11-20,29-30,32H,3-4,10H2,1-2H3,(H,35,36)/t29-,30-,32-/m0/s1. The molecule has 3 aromatic carbocycles. The van der Waals surface area contributed by atoms with Crippen LogP contribution in [0.5, 0.6) is 0 Å². The molecule has 8 heteroatoms. The highest BCUT2D eigenvalue weighted by molar-refractivity contribution is 9.10. The first kappa shape index (κ1) is 25.8. The number of nitrogens with one attached hydrogen (secondary N) is 1. The Balaban J connectivity index is 1.36. The summed E-state index contributed by atoms with van der Waals surface area (Å²) in [6.45, 7) is 4.32. The maximum atomic E-state index is 6.27. The molecule has 0 bridgehead atoms. The summed E-state index contributed by atoms with van der Waals surface area (Å²) < 4.78 is 6.97. The molecule has 41 heavy (non-hydrogen) atoms. The van der Waals surface area contributed by atoms with Crippen molar-refractivity contribution in [1.82, 2.24) is 0 Å². The summed E-state index contributed by atoms with van der Waals surface area (Å²) in [7, 11) is 0. The van der Waals surface area contributed by atoms with Crippen molar-refractivity contribution in [2.45, 2.75) is 45.3 Å². The van der Waals surface area contributed by atoms with E-state index in [4.69, 9.17) is 19.5 Å². The van der Waals surface area contributed by atoms with Gasteiger partial charge >= 0.3 is 0 Å². The first-order chi connectivity index (χ1) is 20.1. The first-order valence-electron chi connectivity index (χ1n) is 14.2. The molecule has 1 aromatic heterocycles. The number of unbranched alkanes of at least 4 members (excludes halogenated alkanes) is 1. The number of nitrogens with zero attached hydrogens (tertiary/aromatic N) is 5. The number of hydrazone groups is 1. The largest absolute Gasteiger partial charge is 0.452 e. The number of aryl methyl sites for hydroxylation is 1. The predicted molar refractivity (Wildman–Crippen MR) is 171 cm³/mol. The van der Waals surface area contributed by atoms with Gasteiger partial charge < -0.3 is 14.6 Å². The number of para-hydroxylation sites is 3. The topological polar surface area (TPSA) is 68.7 Å². The molecule has 1 N–H and O–H groups in total. The van der Waals surface area contributed by atoms with Gasteiger partial charge in [-0.25, -0.2) is 15.0 Å². The highest BCUT2D eigenvalue weighted by Crippen LogP contribution is 2.49. The predicted octanol–water partition coefficient (Wildman–Crippen LogP) is 8.34. The van der Waals surface area contributed by atoms with Crippen LogP contribution in [0.3, 0.4) is 0 Å². The number of anilines is 3. The van der Waals surface area contributed by atoms with Crippen LogP contribution in [0.1, 0.15) is 44.1 Å². The number of furan rings is 1. The molecule has 4 heterocycles. The van der Waals surface area contributed by atoms with E-state index in [1.807, 2.05) is 47.5 Å². The van der Waals surface area contributed by atoms with Crippen molar-refractivity contribution in [2.75, 3.05) is 15.2 Å². The normalized spacial score (nSPS) is 21.0. The van der Waals surface area contributed by atoms with Crippen LogP contribution < -0.4 is 15.2 Å². The quantitative estimate of drug-likeness (QED) is 0.239. The minimum atomic E-state index is -0.258. The maximum Gasteiger partial charge on any atom is 0.174 e. The van der Waals surface area contributed by atoms with Gasteiger partial charge in [-0.05, 0) is 89.8 Å². The van der Waals surface area contributed by atoms with Gasteiger partial charge in [0.1, 0.15) is 11.8 Å². The molecule has 0 saturated heterocycles. The number of amidine groups is 2. The highest BCUT2D eigenvalue weighted by Gasteiger charge is 2.51. The van der Waals surface area contributed by atoms with Gasteiger partial charge in [0.15, 0.2) is 22.5 Å². The average Bonchev–Trinajstić information content (AvgIpc) is 3.59. The molecule has 7 nitrogen and oxygen atoms in total. The molecular weight excluding hydrogens is 576 g/mol. The Morgan fingerprint density at radius 1 is 0.927 bits per heavy atom.